The third-order valence-electron chi connectivity index (χ3n) is 7.99. The second-order valence-corrected chi connectivity index (χ2v) is 10.1. The summed E-state index contributed by atoms with van der Waals surface area (Å²) in [7, 11) is 0. The smallest absolute Gasteiger partial charge is 0.323 e. The number of rotatable bonds is 5. The summed E-state index contributed by atoms with van der Waals surface area (Å²) in [6.07, 6.45) is 3.71. The van der Waals surface area contributed by atoms with Gasteiger partial charge in [-0.1, -0.05) is 44.0 Å². The quantitative estimate of drug-likeness (QED) is 0.652. The van der Waals surface area contributed by atoms with Gasteiger partial charge in [-0.15, -0.1) is 0 Å². The second-order valence-electron chi connectivity index (χ2n) is 10.1. The number of hydrogen-bond acceptors (Lipinski definition) is 4. The molecule has 35 heavy (non-hydrogen) atoms. The molecule has 2 heterocycles. The highest BCUT2D eigenvalue weighted by atomic mass is 19.1. The lowest BCUT2D eigenvalue weighted by Crippen LogP contribution is -2.55. The number of urea groups is 1. The highest BCUT2D eigenvalue weighted by Gasteiger charge is 2.55. The zero-order chi connectivity index (χ0) is 24.6. The summed E-state index contributed by atoms with van der Waals surface area (Å²) >= 11 is 0. The van der Waals surface area contributed by atoms with Crippen LogP contribution in [0.4, 0.5) is 13.6 Å². The third-order valence-corrected chi connectivity index (χ3v) is 7.99. The third kappa shape index (κ3) is 4.57. The standard InChI is InChI=1S/C27H32F2N4O2/c1-19-4-2-3-13-27(19)25(34)33(26(35)30-27)18-31-14-16-32(17-15-31)24(20-5-9-22(28)10-6-20)21-7-11-23(29)12-8-21/h5-12,19,24H,2-4,13-18H2,1H3,(H,30,35)/t19-,27-/m1/s1. The normalized spacial score (nSPS) is 26.1. The Hall–Kier alpha value is -2.84. The number of carbonyl (C=O) groups is 2. The van der Waals surface area contributed by atoms with Crippen LogP contribution in [0.5, 0.6) is 0 Å². The Morgan fingerprint density at radius 3 is 2.03 bits per heavy atom. The van der Waals surface area contributed by atoms with Crippen LogP contribution in [0.3, 0.4) is 0 Å². The van der Waals surface area contributed by atoms with Gasteiger partial charge in [0.15, 0.2) is 0 Å². The summed E-state index contributed by atoms with van der Waals surface area (Å²) in [6.45, 7) is 5.10. The molecule has 1 aliphatic carbocycles. The van der Waals surface area contributed by atoms with Gasteiger partial charge in [0.2, 0.25) is 0 Å². The van der Waals surface area contributed by atoms with E-state index in [4.69, 9.17) is 0 Å². The zero-order valence-corrected chi connectivity index (χ0v) is 20.1. The summed E-state index contributed by atoms with van der Waals surface area (Å²) in [4.78, 5) is 31.9. The molecule has 0 bridgehead atoms. The first-order valence-corrected chi connectivity index (χ1v) is 12.5. The molecule has 1 N–H and O–H groups in total. The molecule has 0 aromatic heterocycles. The van der Waals surface area contributed by atoms with E-state index in [-0.39, 0.29) is 42.2 Å². The Balaban J connectivity index is 1.28. The monoisotopic (exact) mass is 482 g/mol. The van der Waals surface area contributed by atoms with Crippen LogP contribution in [0.15, 0.2) is 48.5 Å². The zero-order valence-electron chi connectivity index (χ0n) is 20.1. The lowest BCUT2D eigenvalue weighted by Gasteiger charge is -2.41. The van der Waals surface area contributed by atoms with E-state index in [1.165, 1.54) is 29.2 Å². The maximum absolute atomic E-state index is 13.6. The number of amides is 3. The number of imide groups is 1. The Morgan fingerprint density at radius 2 is 1.49 bits per heavy atom. The van der Waals surface area contributed by atoms with Gasteiger partial charge in [0.25, 0.3) is 5.91 Å². The van der Waals surface area contributed by atoms with Crippen molar-refractivity contribution in [2.75, 3.05) is 32.8 Å². The molecule has 6 nitrogen and oxygen atoms in total. The van der Waals surface area contributed by atoms with Crippen molar-refractivity contribution in [1.29, 1.82) is 0 Å². The van der Waals surface area contributed by atoms with E-state index in [0.29, 0.717) is 32.6 Å². The predicted octanol–water partition coefficient (Wildman–Crippen LogP) is 4.13. The molecule has 2 aromatic carbocycles. The summed E-state index contributed by atoms with van der Waals surface area (Å²) in [5.41, 5.74) is 1.13. The molecule has 3 aliphatic rings. The molecule has 8 heteroatoms. The number of benzene rings is 2. The number of halogens is 2. The fourth-order valence-corrected chi connectivity index (χ4v) is 5.89. The second kappa shape index (κ2) is 9.66. The fraction of sp³-hybridized carbons (Fsp3) is 0.481. The molecule has 2 atom stereocenters. The molecule has 1 spiro atoms. The summed E-state index contributed by atoms with van der Waals surface area (Å²) < 4.78 is 27.2. The molecule has 2 saturated heterocycles. The number of nitrogens with one attached hydrogen (secondary N) is 1. The summed E-state index contributed by atoms with van der Waals surface area (Å²) in [5, 5.41) is 3.03. The lowest BCUT2D eigenvalue weighted by molar-refractivity contribution is -0.136. The van der Waals surface area contributed by atoms with Gasteiger partial charge in [0.1, 0.15) is 17.2 Å². The van der Waals surface area contributed by atoms with E-state index in [1.807, 2.05) is 0 Å². The Kier molecular flexibility index (Phi) is 6.59. The summed E-state index contributed by atoms with van der Waals surface area (Å²) in [6, 6.07) is 12.4. The number of hydrogen-bond donors (Lipinski definition) is 1. The van der Waals surface area contributed by atoms with Gasteiger partial charge < -0.3 is 5.32 Å². The number of nitrogens with zero attached hydrogens (tertiary/aromatic N) is 3. The van der Waals surface area contributed by atoms with Crippen LogP contribution in [0.25, 0.3) is 0 Å². The average molecular weight is 483 g/mol. The van der Waals surface area contributed by atoms with Gasteiger partial charge in [-0.3, -0.25) is 14.6 Å². The van der Waals surface area contributed by atoms with Crippen molar-refractivity contribution in [3.63, 3.8) is 0 Å². The molecule has 3 amide bonds. The first-order valence-electron chi connectivity index (χ1n) is 12.5. The van der Waals surface area contributed by atoms with Crippen molar-refractivity contribution in [3.8, 4) is 0 Å². The molecule has 1 saturated carbocycles. The Morgan fingerprint density at radius 1 is 0.914 bits per heavy atom. The van der Waals surface area contributed by atoms with Crippen molar-refractivity contribution < 1.29 is 18.4 Å². The SMILES string of the molecule is C[C@@H]1CCCC[C@@]12NC(=O)N(CN1CCN(C(c3ccc(F)cc3)c3ccc(F)cc3)CC1)C2=O. The molecule has 2 aliphatic heterocycles. The average Bonchev–Trinajstić information content (AvgIpc) is 3.09. The van der Waals surface area contributed by atoms with E-state index in [2.05, 4.69) is 22.0 Å². The van der Waals surface area contributed by atoms with Crippen LogP contribution in [-0.4, -0.2) is 65.0 Å². The minimum absolute atomic E-state index is 0.0902. The predicted molar refractivity (Wildman–Crippen MR) is 128 cm³/mol. The summed E-state index contributed by atoms with van der Waals surface area (Å²) in [5.74, 6) is -0.542. The maximum Gasteiger partial charge on any atom is 0.326 e. The van der Waals surface area contributed by atoms with Gasteiger partial charge in [-0.25, -0.2) is 18.5 Å². The van der Waals surface area contributed by atoms with Gasteiger partial charge in [0, 0.05) is 26.2 Å². The van der Waals surface area contributed by atoms with Crippen LogP contribution < -0.4 is 5.32 Å². The van der Waals surface area contributed by atoms with E-state index in [9.17, 15) is 18.4 Å². The minimum Gasteiger partial charge on any atom is -0.323 e. The van der Waals surface area contributed by atoms with E-state index in [1.54, 1.807) is 24.3 Å². The van der Waals surface area contributed by atoms with Gasteiger partial charge >= 0.3 is 6.03 Å². The molecular weight excluding hydrogens is 450 g/mol. The van der Waals surface area contributed by atoms with Crippen molar-refractivity contribution >= 4 is 11.9 Å². The number of piperazine rings is 1. The molecule has 5 rings (SSSR count). The van der Waals surface area contributed by atoms with E-state index in [0.717, 1.165) is 30.4 Å². The van der Waals surface area contributed by atoms with Crippen LogP contribution in [-0.2, 0) is 4.79 Å². The van der Waals surface area contributed by atoms with Crippen molar-refractivity contribution in [1.82, 2.24) is 20.0 Å². The Labute approximate surface area is 204 Å². The molecule has 2 aromatic rings. The fourth-order valence-electron chi connectivity index (χ4n) is 5.89. The minimum atomic E-state index is -0.743. The van der Waals surface area contributed by atoms with Crippen LogP contribution >= 0.6 is 0 Å². The largest absolute Gasteiger partial charge is 0.326 e. The Bertz CT molecular complexity index is 1020. The molecular formula is C27H32F2N4O2. The van der Waals surface area contributed by atoms with Crippen molar-refractivity contribution in [2.45, 2.75) is 44.2 Å². The lowest BCUT2D eigenvalue weighted by atomic mass is 9.73. The highest BCUT2D eigenvalue weighted by molar-refractivity contribution is 6.07. The van der Waals surface area contributed by atoms with Crippen LogP contribution in [0, 0.1) is 17.6 Å². The first-order chi connectivity index (χ1) is 16.9. The van der Waals surface area contributed by atoms with Crippen molar-refractivity contribution in [2.24, 2.45) is 5.92 Å². The van der Waals surface area contributed by atoms with Gasteiger partial charge in [0.05, 0.1) is 12.7 Å². The molecule has 3 fully saturated rings. The van der Waals surface area contributed by atoms with Crippen LogP contribution in [0.2, 0.25) is 0 Å². The molecule has 186 valence electrons. The maximum atomic E-state index is 13.6. The van der Waals surface area contributed by atoms with Gasteiger partial charge in [-0.2, -0.15) is 0 Å². The van der Waals surface area contributed by atoms with Crippen molar-refractivity contribution in [3.05, 3.63) is 71.3 Å². The highest BCUT2D eigenvalue weighted by Crippen LogP contribution is 2.38. The molecule has 0 unspecified atom stereocenters. The van der Waals surface area contributed by atoms with Crippen LogP contribution in [0.1, 0.15) is 49.8 Å². The van der Waals surface area contributed by atoms with E-state index >= 15 is 0 Å². The van der Waals surface area contributed by atoms with Gasteiger partial charge in [-0.05, 0) is 54.2 Å². The topological polar surface area (TPSA) is 55.9 Å². The number of carbonyl (C=O) groups excluding carboxylic acids is 2. The van der Waals surface area contributed by atoms with E-state index < -0.39 is 5.54 Å². The molecule has 0 radical (unpaired) electrons. The first kappa shape index (κ1) is 23.9.